The van der Waals surface area contributed by atoms with Gasteiger partial charge < -0.3 is 20.3 Å². The molecule has 0 aliphatic rings. The highest BCUT2D eigenvalue weighted by atomic mass is 16.5. The largest absolute Gasteiger partial charge is 0.491 e. The van der Waals surface area contributed by atoms with Crippen LogP contribution in [-0.2, 0) is 0 Å². The van der Waals surface area contributed by atoms with Crippen molar-refractivity contribution in [2.75, 3.05) is 26.3 Å². The highest BCUT2D eigenvalue weighted by Crippen LogP contribution is 2.11. The van der Waals surface area contributed by atoms with Gasteiger partial charge >= 0.3 is 0 Å². The molecule has 5 heteroatoms. The predicted octanol–water partition coefficient (Wildman–Crippen LogP) is 0.660. The number of nitrogens with one attached hydrogen (secondary N) is 1. The number of unbranched alkanes of at least 4 members (excludes halogenated alkanes) is 1. The van der Waals surface area contributed by atoms with Gasteiger partial charge in [-0.1, -0.05) is 0 Å². The van der Waals surface area contributed by atoms with E-state index in [0.29, 0.717) is 17.9 Å². The van der Waals surface area contributed by atoms with Crippen molar-refractivity contribution in [1.29, 1.82) is 5.26 Å². The minimum Gasteiger partial charge on any atom is -0.491 e. The molecular formula is C14H20N2O3. The summed E-state index contributed by atoms with van der Waals surface area (Å²) in [7, 11) is 0. The first-order valence-electron chi connectivity index (χ1n) is 6.39. The van der Waals surface area contributed by atoms with Gasteiger partial charge in [-0.3, -0.25) is 0 Å². The summed E-state index contributed by atoms with van der Waals surface area (Å²) in [5, 5.41) is 30.0. The van der Waals surface area contributed by atoms with Crippen LogP contribution in [-0.4, -0.2) is 42.6 Å². The van der Waals surface area contributed by atoms with E-state index in [1.54, 1.807) is 24.3 Å². The second kappa shape index (κ2) is 9.34. The number of benzene rings is 1. The van der Waals surface area contributed by atoms with Crippen LogP contribution in [0.4, 0.5) is 0 Å². The molecule has 0 aromatic heterocycles. The van der Waals surface area contributed by atoms with Gasteiger partial charge in [-0.2, -0.15) is 5.26 Å². The SMILES string of the molecule is N#Cc1ccc(OCC(O)CNCCCCO)cc1. The van der Waals surface area contributed by atoms with Gasteiger partial charge in [-0.15, -0.1) is 0 Å². The Bertz CT molecular complexity index is 387. The van der Waals surface area contributed by atoms with E-state index in [-0.39, 0.29) is 13.2 Å². The molecule has 1 atom stereocenters. The predicted molar refractivity (Wildman–Crippen MR) is 71.8 cm³/mol. The minimum absolute atomic E-state index is 0.200. The maximum absolute atomic E-state index is 9.68. The second-order valence-electron chi connectivity index (χ2n) is 4.24. The van der Waals surface area contributed by atoms with Gasteiger partial charge in [-0.05, 0) is 43.7 Å². The summed E-state index contributed by atoms with van der Waals surface area (Å²) in [5.41, 5.74) is 0.582. The Kier molecular flexibility index (Phi) is 7.59. The summed E-state index contributed by atoms with van der Waals surface area (Å²) in [6, 6.07) is 8.80. The molecule has 0 radical (unpaired) electrons. The van der Waals surface area contributed by atoms with Crippen LogP contribution < -0.4 is 10.1 Å². The van der Waals surface area contributed by atoms with Crippen molar-refractivity contribution >= 4 is 0 Å². The Morgan fingerprint density at radius 3 is 2.63 bits per heavy atom. The Balaban J connectivity index is 2.15. The summed E-state index contributed by atoms with van der Waals surface area (Å²) < 4.78 is 5.41. The fourth-order valence-corrected chi connectivity index (χ4v) is 1.51. The van der Waals surface area contributed by atoms with Crippen molar-refractivity contribution in [3.05, 3.63) is 29.8 Å². The molecule has 0 amide bonds. The number of nitriles is 1. The lowest BCUT2D eigenvalue weighted by atomic mass is 10.2. The first-order chi connectivity index (χ1) is 9.26. The van der Waals surface area contributed by atoms with E-state index in [9.17, 15) is 5.11 Å². The van der Waals surface area contributed by atoms with Crippen molar-refractivity contribution in [3.63, 3.8) is 0 Å². The van der Waals surface area contributed by atoms with Gasteiger partial charge in [0.1, 0.15) is 18.5 Å². The van der Waals surface area contributed by atoms with Gasteiger partial charge in [0.25, 0.3) is 0 Å². The summed E-state index contributed by atoms with van der Waals surface area (Å²) in [5.74, 6) is 0.637. The molecule has 1 aromatic rings. The maximum atomic E-state index is 9.68. The standard InChI is InChI=1S/C14H20N2O3/c15-9-12-3-5-14(6-4-12)19-11-13(18)10-16-7-1-2-8-17/h3-6,13,16-18H,1-2,7-8,10-11H2. The first-order valence-corrected chi connectivity index (χ1v) is 6.39. The Morgan fingerprint density at radius 2 is 2.00 bits per heavy atom. The molecule has 19 heavy (non-hydrogen) atoms. The molecule has 1 aromatic carbocycles. The van der Waals surface area contributed by atoms with Crippen molar-refractivity contribution in [1.82, 2.24) is 5.32 Å². The monoisotopic (exact) mass is 264 g/mol. The number of rotatable bonds is 9. The highest BCUT2D eigenvalue weighted by molar-refractivity contribution is 5.34. The molecule has 3 N–H and O–H groups in total. The van der Waals surface area contributed by atoms with Crippen molar-refractivity contribution in [2.24, 2.45) is 0 Å². The van der Waals surface area contributed by atoms with Crippen LogP contribution >= 0.6 is 0 Å². The van der Waals surface area contributed by atoms with Crippen LogP contribution in [0, 0.1) is 11.3 Å². The quantitative estimate of drug-likeness (QED) is 0.570. The highest BCUT2D eigenvalue weighted by Gasteiger charge is 2.04. The molecule has 1 unspecified atom stereocenters. The number of hydrogen-bond acceptors (Lipinski definition) is 5. The molecule has 1 rings (SSSR count). The zero-order valence-corrected chi connectivity index (χ0v) is 10.9. The third kappa shape index (κ3) is 6.77. The molecule has 5 nitrogen and oxygen atoms in total. The van der Waals surface area contributed by atoms with E-state index in [4.69, 9.17) is 15.1 Å². The second-order valence-corrected chi connectivity index (χ2v) is 4.24. The van der Waals surface area contributed by atoms with E-state index >= 15 is 0 Å². The van der Waals surface area contributed by atoms with Crippen LogP contribution in [0.2, 0.25) is 0 Å². The molecule has 0 spiro atoms. The molecule has 0 aliphatic carbocycles. The fourth-order valence-electron chi connectivity index (χ4n) is 1.51. The number of nitrogens with zero attached hydrogens (tertiary/aromatic N) is 1. The first kappa shape index (κ1) is 15.4. The molecule has 0 heterocycles. The van der Waals surface area contributed by atoms with Crippen LogP contribution in [0.15, 0.2) is 24.3 Å². The van der Waals surface area contributed by atoms with E-state index in [1.807, 2.05) is 6.07 Å². The van der Waals surface area contributed by atoms with Gasteiger partial charge in [0.2, 0.25) is 0 Å². The fraction of sp³-hybridized carbons (Fsp3) is 0.500. The van der Waals surface area contributed by atoms with Gasteiger partial charge in [0.15, 0.2) is 0 Å². The van der Waals surface area contributed by atoms with E-state index < -0.39 is 6.10 Å². The van der Waals surface area contributed by atoms with E-state index in [0.717, 1.165) is 19.4 Å². The topological polar surface area (TPSA) is 85.5 Å². The summed E-state index contributed by atoms with van der Waals surface area (Å²) >= 11 is 0. The number of aliphatic hydroxyl groups is 2. The number of ether oxygens (including phenoxy) is 1. The lowest BCUT2D eigenvalue weighted by molar-refractivity contribution is 0.106. The Morgan fingerprint density at radius 1 is 1.26 bits per heavy atom. The van der Waals surface area contributed by atoms with Crippen LogP contribution in [0.1, 0.15) is 18.4 Å². The van der Waals surface area contributed by atoms with E-state index in [2.05, 4.69) is 5.32 Å². The minimum atomic E-state index is -0.579. The lowest BCUT2D eigenvalue weighted by Crippen LogP contribution is -2.32. The summed E-state index contributed by atoms with van der Waals surface area (Å²) in [6.07, 6.45) is 1.08. The van der Waals surface area contributed by atoms with Gasteiger partial charge in [0.05, 0.1) is 11.6 Å². The summed E-state index contributed by atoms with van der Waals surface area (Å²) in [4.78, 5) is 0. The van der Waals surface area contributed by atoms with Gasteiger partial charge in [0, 0.05) is 13.2 Å². The molecule has 104 valence electrons. The van der Waals surface area contributed by atoms with E-state index in [1.165, 1.54) is 0 Å². The van der Waals surface area contributed by atoms with Crippen molar-refractivity contribution in [3.8, 4) is 11.8 Å². The molecule has 0 aliphatic heterocycles. The number of hydrogen-bond donors (Lipinski definition) is 3. The van der Waals surface area contributed by atoms with Crippen LogP contribution in [0.5, 0.6) is 5.75 Å². The van der Waals surface area contributed by atoms with Crippen molar-refractivity contribution < 1.29 is 14.9 Å². The maximum Gasteiger partial charge on any atom is 0.119 e. The zero-order chi connectivity index (χ0) is 13.9. The average Bonchev–Trinajstić information content (AvgIpc) is 2.45. The molecule has 0 saturated heterocycles. The zero-order valence-electron chi connectivity index (χ0n) is 10.9. The van der Waals surface area contributed by atoms with Crippen LogP contribution in [0.3, 0.4) is 0 Å². The normalized spacial score (nSPS) is 11.8. The lowest BCUT2D eigenvalue weighted by Gasteiger charge is -2.13. The number of aliphatic hydroxyl groups excluding tert-OH is 2. The Hall–Kier alpha value is -1.61. The third-order valence-corrected chi connectivity index (χ3v) is 2.57. The molecular weight excluding hydrogens is 244 g/mol. The van der Waals surface area contributed by atoms with Crippen molar-refractivity contribution in [2.45, 2.75) is 18.9 Å². The van der Waals surface area contributed by atoms with Crippen LogP contribution in [0.25, 0.3) is 0 Å². The molecule has 0 bridgehead atoms. The molecule has 0 fully saturated rings. The Labute approximate surface area is 113 Å². The third-order valence-electron chi connectivity index (χ3n) is 2.57. The van der Waals surface area contributed by atoms with Gasteiger partial charge in [-0.25, -0.2) is 0 Å². The average molecular weight is 264 g/mol. The molecule has 0 saturated carbocycles. The summed E-state index contributed by atoms with van der Waals surface area (Å²) in [6.45, 7) is 1.64. The smallest absolute Gasteiger partial charge is 0.119 e.